The Morgan fingerprint density at radius 3 is 2.42 bits per heavy atom. The SMILES string of the molecule is COc1ccc(N2C(=O)NC(=O)/C(=C/c3ccn(-c4ccccc4)c3)C2=O)c(OC)c1. The molecular formula is C23H19N3O5. The number of nitrogens with zero attached hydrogens (tertiary/aromatic N) is 2. The van der Waals surface area contributed by atoms with Crippen molar-refractivity contribution in [1.82, 2.24) is 9.88 Å². The maximum Gasteiger partial charge on any atom is 0.336 e. The van der Waals surface area contributed by atoms with Gasteiger partial charge in [0.15, 0.2) is 0 Å². The molecule has 1 saturated heterocycles. The Morgan fingerprint density at radius 2 is 1.71 bits per heavy atom. The first-order chi connectivity index (χ1) is 15.0. The lowest BCUT2D eigenvalue weighted by Gasteiger charge is -2.27. The Kier molecular flexibility index (Phi) is 5.28. The first-order valence-electron chi connectivity index (χ1n) is 9.38. The lowest BCUT2D eigenvalue weighted by molar-refractivity contribution is -0.122. The molecule has 0 spiro atoms. The van der Waals surface area contributed by atoms with E-state index in [1.54, 1.807) is 24.4 Å². The van der Waals surface area contributed by atoms with E-state index in [-0.39, 0.29) is 17.0 Å². The second-order valence-electron chi connectivity index (χ2n) is 6.68. The van der Waals surface area contributed by atoms with Crippen LogP contribution in [0, 0.1) is 0 Å². The van der Waals surface area contributed by atoms with Gasteiger partial charge in [-0.1, -0.05) is 18.2 Å². The standard InChI is InChI=1S/C23H19N3O5/c1-30-17-8-9-19(20(13-17)31-2)26-22(28)18(21(27)24-23(26)29)12-15-10-11-25(14-15)16-6-4-3-5-7-16/h3-14H,1-2H3,(H,24,27,29)/b18-12-. The number of imide groups is 2. The largest absolute Gasteiger partial charge is 0.497 e. The van der Waals surface area contributed by atoms with Gasteiger partial charge in [-0.25, -0.2) is 9.69 Å². The molecule has 0 bridgehead atoms. The molecule has 1 aromatic heterocycles. The zero-order valence-electron chi connectivity index (χ0n) is 16.9. The molecule has 4 amide bonds. The number of carbonyl (C=O) groups excluding carboxylic acids is 3. The third-order valence-corrected chi connectivity index (χ3v) is 4.81. The molecule has 1 N–H and O–H groups in total. The van der Waals surface area contributed by atoms with Crippen LogP contribution in [0.3, 0.4) is 0 Å². The number of hydrogen-bond acceptors (Lipinski definition) is 5. The van der Waals surface area contributed by atoms with Crippen LogP contribution in [0.1, 0.15) is 5.56 Å². The number of amides is 4. The van der Waals surface area contributed by atoms with E-state index in [2.05, 4.69) is 5.32 Å². The van der Waals surface area contributed by atoms with Crippen LogP contribution < -0.4 is 19.7 Å². The highest BCUT2D eigenvalue weighted by atomic mass is 16.5. The molecule has 8 heteroatoms. The summed E-state index contributed by atoms with van der Waals surface area (Å²) in [7, 11) is 2.91. The van der Waals surface area contributed by atoms with Crippen LogP contribution in [0.25, 0.3) is 11.8 Å². The third-order valence-electron chi connectivity index (χ3n) is 4.81. The highest BCUT2D eigenvalue weighted by Crippen LogP contribution is 2.34. The molecular weight excluding hydrogens is 398 g/mol. The highest BCUT2D eigenvalue weighted by Gasteiger charge is 2.38. The molecule has 3 aromatic rings. The summed E-state index contributed by atoms with van der Waals surface area (Å²) in [4.78, 5) is 38.9. The lowest BCUT2D eigenvalue weighted by atomic mass is 10.1. The van der Waals surface area contributed by atoms with E-state index < -0.39 is 17.8 Å². The summed E-state index contributed by atoms with van der Waals surface area (Å²) in [6.07, 6.45) is 5.06. The van der Waals surface area contributed by atoms with E-state index in [0.29, 0.717) is 11.3 Å². The van der Waals surface area contributed by atoms with Gasteiger partial charge in [-0.15, -0.1) is 0 Å². The summed E-state index contributed by atoms with van der Waals surface area (Å²) in [5.74, 6) is -0.748. The third kappa shape index (κ3) is 3.78. The molecule has 0 radical (unpaired) electrons. The first-order valence-corrected chi connectivity index (χ1v) is 9.38. The number of methoxy groups -OCH3 is 2. The van der Waals surface area contributed by atoms with Gasteiger partial charge in [0.1, 0.15) is 17.1 Å². The van der Waals surface area contributed by atoms with Crippen molar-refractivity contribution in [2.45, 2.75) is 0 Å². The second-order valence-corrected chi connectivity index (χ2v) is 6.68. The smallest absolute Gasteiger partial charge is 0.336 e. The van der Waals surface area contributed by atoms with Crippen LogP contribution in [0.15, 0.2) is 72.6 Å². The van der Waals surface area contributed by atoms with E-state index in [1.807, 2.05) is 41.1 Å². The summed E-state index contributed by atoms with van der Waals surface area (Å²) < 4.78 is 12.3. The Bertz CT molecular complexity index is 1200. The molecule has 2 aromatic carbocycles. The average Bonchev–Trinajstić information content (AvgIpc) is 3.26. The molecule has 2 heterocycles. The van der Waals surface area contributed by atoms with E-state index in [9.17, 15) is 14.4 Å². The minimum atomic E-state index is -0.850. The summed E-state index contributed by atoms with van der Waals surface area (Å²) in [6.45, 7) is 0. The molecule has 0 aliphatic carbocycles. The van der Waals surface area contributed by atoms with E-state index in [4.69, 9.17) is 9.47 Å². The summed E-state index contributed by atoms with van der Waals surface area (Å²) >= 11 is 0. The van der Waals surface area contributed by atoms with Crippen LogP contribution in [0.4, 0.5) is 10.5 Å². The lowest BCUT2D eigenvalue weighted by Crippen LogP contribution is -2.54. The van der Waals surface area contributed by atoms with Gasteiger partial charge in [0.2, 0.25) is 0 Å². The van der Waals surface area contributed by atoms with Crippen molar-refractivity contribution >= 4 is 29.6 Å². The Labute approximate surface area is 178 Å². The molecule has 31 heavy (non-hydrogen) atoms. The van der Waals surface area contributed by atoms with Gasteiger partial charge in [0, 0.05) is 24.1 Å². The Balaban J connectivity index is 1.70. The van der Waals surface area contributed by atoms with Crippen LogP contribution >= 0.6 is 0 Å². The first kappa shape index (κ1) is 20.0. The molecule has 0 saturated carbocycles. The number of anilines is 1. The normalized spacial score (nSPS) is 15.2. The Hall–Kier alpha value is -4.33. The van der Waals surface area contributed by atoms with Crippen molar-refractivity contribution in [3.05, 3.63) is 78.1 Å². The molecule has 0 atom stereocenters. The van der Waals surface area contributed by atoms with Crippen LogP contribution in [-0.2, 0) is 9.59 Å². The van der Waals surface area contributed by atoms with Crippen molar-refractivity contribution in [1.29, 1.82) is 0 Å². The number of hydrogen-bond donors (Lipinski definition) is 1. The fourth-order valence-electron chi connectivity index (χ4n) is 3.27. The van der Waals surface area contributed by atoms with Crippen molar-refractivity contribution in [2.24, 2.45) is 0 Å². The highest BCUT2D eigenvalue weighted by molar-refractivity contribution is 6.39. The monoisotopic (exact) mass is 417 g/mol. The quantitative estimate of drug-likeness (QED) is 0.509. The predicted octanol–water partition coefficient (Wildman–Crippen LogP) is 3.16. The van der Waals surface area contributed by atoms with Crippen molar-refractivity contribution in [3.63, 3.8) is 0 Å². The number of urea groups is 1. The van der Waals surface area contributed by atoms with E-state index in [0.717, 1.165) is 10.6 Å². The summed E-state index contributed by atoms with van der Waals surface area (Å²) in [5, 5.41) is 2.21. The molecule has 1 aliphatic rings. The zero-order valence-corrected chi connectivity index (χ0v) is 16.9. The van der Waals surface area contributed by atoms with Gasteiger partial charge < -0.3 is 14.0 Å². The number of nitrogens with one attached hydrogen (secondary N) is 1. The molecule has 156 valence electrons. The van der Waals surface area contributed by atoms with Crippen molar-refractivity contribution < 1.29 is 23.9 Å². The van der Waals surface area contributed by atoms with E-state index >= 15 is 0 Å². The fourth-order valence-corrected chi connectivity index (χ4v) is 3.27. The van der Waals surface area contributed by atoms with Gasteiger partial charge >= 0.3 is 6.03 Å². The van der Waals surface area contributed by atoms with Crippen LogP contribution in [0.2, 0.25) is 0 Å². The second kappa shape index (κ2) is 8.19. The average molecular weight is 417 g/mol. The molecule has 0 unspecified atom stereocenters. The summed E-state index contributed by atoms with van der Waals surface area (Å²) in [6, 6.07) is 15.2. The summed E-state index contributed by atoms with van der Waals surface area (Å²) in [5.41, 5.74) is 1.61. The van der Waals surface area contributed by atoms with Gasteiger partial charge in [-0.3, -0.25) is 14.9 Å². The minimum absolute atomic E-state index is 0.164. The fraction of sp³-hybridized carbons (Fsp3) is 0.0870. The number of barbiturate groups is 1. The predicted molar refractivity (Wildman–Crippen MR) is 114 cm³/mol. The molecule has 8 nitrogen and oxygen atoms in total. The number of carbonyl (C=O) groups is 3. The Morgan fingerprint density at radius 1 is 0.935 bits per heavy atom. The maximum atomic E-state index is 13.1. The maximum absolute atomic E-state index is 13.1. The zero-order chi connectivity index (χ0) is 22.0. The number of rotatable bonds is 5. The van der Waals surface area contributed by atoms with Gasteiger partial charge in [0.05, 0.1) is 19.9 Å². The van der Waals surface area contributed by atoms with E-state index in [1.165, 1.54) is 26.4 Å². The number of ether oxygens (including phenoxy) is 2. The molecule has 1 aliphatic heterocycles. The van der Waals surface area contributed by atoms with Gasteiger partial charge in [-0.05, 0) is 42.0 Å². The van der Waals surface area contributed by atoms with Gasteiger partial charge in [0.25, 0.3) is 11.8 Å². The van der Waals surface area contributed by atoms with Gasteiger partial charge in [-0.2, -0.15) is 0 Å². The number of aromatic nitrogens is 1. The van der Waals surface area contributed by atoms with Crippen LogP contribution in [0.5, 0.6) is 11.5 Å². The van der Waals surface area contributed by atoms with Crippen LogP contribution in [-0.4, -0.2) is 36.6 Å². The van der Waals surface area contributed by atoms with Crippen molar-refractivity contribution in [3.8, 4) is 17.2 Å². The topological polar surface area (TPSA) is 89.9 Å². The molecule has 4 rings (SSSR count). The minimum Gasteiger partial charge on any atom is -0.497 e. The number of benzene rings is 2. The van der Waals surface area contributed by atoms with Crippen molar-refractivity contribution in [2.75, 3.05) is 19.1 Å². The molecule has 1 fully saturated rings. The number of para-hydroxylation sites is 1.